The van der Waals surface area contributed by atoms with E-state index in [1.807, 2.05) is 35.2 Å². The minimum absolute atomic E-state index is 0.0653. The monoisotopic (exact) mass is 483 g/mol. The van der Waals surface area contributed by atoms with Crippen LogP contribution in [0.1, 0.15) is 42.1 Å². The van der Waals surface area contributed by atoms with Gasteiger partial charge >= 0.3 is 0 Å². The summed E-state index contributed by atoms with van der Waals surface area (Å²) in [5, 5.41) is 0. The molecule has 1 amide bonds. The Morgan fingerprint density at radius 1 is 0.944 bits per heavy atom. The molecule has 0 radical (unpaired) electrons. The Labute approximate surface area is 212 Å². The van der Waals surface area contributed by atoms with Gasteiger partial charge in [0, 0.05) is 31.1 Å². The van der Waals surface area contributed by atoms with Crippen LogP contribution in [0.25, 0.3) is 11.0 Å². The third-order valence-corrected chi connectivity index (χ3v) is 6.80. The molecule has 1 atom stereocenters. The molecule has 1 saturated heterocycles. The number of aryl methyl sites for hydroxylation is 3. The molecule has 6 nitrogen and oxygen atoms in total. The highest BCUT2D eigenvalue weighted by Crippen LogP contribution is 2.34. The van der Waals surface area contributed by atoms with E-state index in [4.69, 9.17) is 14.5 Å². The molecule has 0 N–H and O–H groups in total. The molecule has 6 heteroatoms. The molecule has 1 aliphatic heterocycles. The van der Waals surface area contributed by atoms with Gasteiger partial charge in [-0.15, -0.1) is 0 Å². The van der Waals surface area contributed by atoms with Gasteiger partial charge in [-0.3, -0.25) is 4.79 Å². The molecule has 3 aromatic carbocycles. The molecule has 186 valence electrons. The van der Waals surface area contributed by atoms with E-state index < -0.39 is 0 Å². The Bertz CT molecular complexity index is 1360. The van der Waals surface area contributed by atoms with Gasteiger partial charge in [-0.05, 0) is 74.2 Å². The number of hydrogen-bond acceptors (Lipinski definition) is 4. The van der Waals surface area contributed by atoms with Crippen LogP contribution in [0, 0.1) is 13.8 Å². The molecule has 1 fully saturated rings. The number of nitrogens with zero attached hydrogens (tertiary/aromatic N) is 3. The van der Waals surface area contributed by atoms with Crippen molar-refractivity contribution in [3.05, 3.63) is 83.7 Å². The van der Waals surface area contributed by atoms with Gasteiger partial charge < -0.3 is 18.9 Å². The Morgan fingerprint density at radius 2 is 1.67 bits per heavy atom. The minimum atomic E-state index is 0.0653. The van der Waals surface area contributed by atoms with Gasteiger partial charge in [-0.1, -0.05) is 30.3 Å². The first kappa shape index (κ1) is 23.9. The van der Waals surface area contributed by atoms with E-state index in [9.17, 15) is 4.79 Å². The van der Waals surface area contributed by atoms with Crippen molar-refractivity contribution in [3.63, 3.8) is 0 Å². The number of ether oxygens (including phenoxy) is 2. The molecular weight excluding hydrogens is 450 g/mol. The number of rotatable bonds is 9. The predicted molar refractivity (Wildman–Crippen MR) is 143 cm³/mol. The fourth-order valence-corrected chi connectivity index (χ4v) is 5.17. The number of anilines is 1. The Kier molecular flexibility index (Phi) is 6.94. The summed E-state index contributed by atoms with van der Waals surface area (Å²) in [4.78, 5) is 20.0. The van der Waals surface area contributed by atoms with Crippen molar-refractivity contribution in [1.82, 2.24) is 9.55 Å². The Hall–Kier alpha value is -3.80. The molecule has 0 aliphatic carbocycles. The molecule has 0 saturated carbocycles. The van der Waals surface area contributed by atoms with Crippen molar-refractivity contribution in [1.29, 1.82) is 0 Å². The highest BCUT2D eigenvalue weighted by molar-refractivity contribution is 5.96. The van der Waals surface area contributed by atoms with Gasteiger partial charge in [0.2, 0.25) is 5.91 Å². The van der Waals surface area contributed by atoms with E-state index in [1.54, 1.807) is 7.11 Å². The zero-order chi connectivity index (χ0) is 25.1. The van der Waals surface area contributed by atoms with Gasteiger partial charge in [-0.25, -0.2) is 4.98 Å². The topological polar surface area (TPSA) is 56.6 Å². The summed E-state index contributed by atoms with van der Waals surface area (Å²) in [6.45, 7) is 6.25. The van der Waals surface area contributed by atoms with E-state index in [1.165, 1.54) is 11.1 Å². The fraction of sp³-hybridized carbons (Fsp3) is 0.333. The number of aromatic nitrogens is 2. The number of para-hydroxylation sites is 4. The van der Waals surface area contributed by atoms with Crippen molar-refractivity contribution in [2.24, 2.45) is 0 Å². The van der Waals surface area contributed by atoms with Crippen molar-refractivity contribution >= 4 is 22.6 Å². The van der Waals surface area contributed by atoms with Gasteiger partial charge in [0.05, 0.1) is 24.8 Å². The van der Waals surface area contributed by atoms with Crippen LogP contribution >= 0.6 is 0 Å². The highest BCUT2D eigenvalue weighted by Gasteiger charge is 2.35. The van der Waals surface area contributed by atoms with Crippen molar-refractivity contribution in [3.8, 4) is 11.5 Å². The molecule has 4 aromatic rings. The summed E-state index contributed by atoms with van der Waals surface area (Å²) >= 11 is 0. The SMILES string of the molecule is COc1ccccc1OCCCCn1c(C2CC(=O)N(c3cc(C)cc(C)c3)C2)nc2ccccc21. The molecule has 36 heavy (non-hydrogen) atoms. The summed E-state index contributed by atoms with van der Waals surface area (Å²) < 4.78 is 13.6. The largest absolute Gasteiger partial charge is 0.493 e. The van der Waals surface area contributed by atoms with Crippen LogP contribution in [0.4, 0.5) is 5.69 Å². The van der Waals surface area contributed by atoms with Gasteiger partial charge in [0.15, 0.2) is 11.5 Å². The number of carbonyl (C=O) groups is 1. The average Bonchev–Trinajstić information content (AvgIpc) is 3.44. The smallest absolute Gasteiger partial charge is 0.227 e. The maximum Gasteiger partial charge on any atom is 0.227 e. The van der Waals surface area contributed by atoms with E-state index in [0.717, 1.165) is 53.4 Å². The van der Waals surface area contributed by atoms with Crippen molar-refractivity contribution < 1.29 is 14.3 Å². The normalized spacial score (nSPS) is 15.6. The zero-order valence-corrected chi connectivity index (χ0v) is 21.2. The average molecular weight is 484 g/mol. The number of imidazole rings is 1. The summed E-state index contributed by atoms with van der Waals surface area (Å²) in [5.74, 6) is 2.75. The molecule has 1 unspecified atom stereocenters. The molecule has 0 bridgehead atoms. The summed E-state index contributed by atoms with van der Waals surface area (Å²) in [5.41, 5.74) is 5.43. The lowest BCUT2D eigenvalue weighted by atomic mass is 10.1. The zero-order valence-electron chi connectivity index (χ0n) is 21.2. The number of carbonyl (C=O) groups excluding carboxylic acids is 1. The first-order valence-electron chi connectivity index (χ1n) is 12.6. The fourth-order valence-electron chi connectivity index (χ4n) is 5.17. The predicted octanol–water partition coefficient (Wildman–Crippen LogP) is 6.04. The van der Waals surface area contributed by atoms with Gasteiger partial charge in [0.25, 0.3) is 0 Å². The van der Waals surface area contributed by atoms with Crippen LogP contribution in [0.3, 0.4) is 0 Å². The third kappa shape index (κ3) is 4.94. The number of unbranched alkanes of at least 4 members (excludes halogenated alkanes) is 1. The second-order valence-corrected chi connectivity index (χ2v) is 9.57. The van der Waals surface area contributed by atoms with Crippen molar-refractivity contribution in [2.75, 3.05) is 25.2 Å². The van der Waals surface area contributed by atoms with Crippen LogP contribution in [0.5, 0.6) is 11.5 Å². The number of hydrogen-bond donors (Lipinski definition) is 0. The molecule has 1 aromatic heterocycles. The number of benzene rings is 3. The third-order valence-electron chi connectivity index (χ3n) is 6.80. The van der Waals surface area contributed by atoms with E-state index in [0.29, 0.717) is 19.6 Å². The van der Waals surface area contributed by atoms with Gasteiger partial charge in [-0.2, -0.15) is 0 Å². The second kappa shape index (κ2) is 10.4. The second-order valence-electron chi connectivity index (χ2n) is 9.57. The lowest BCUT2D eigenvalue weighted by Crippen LogP contribution is -2.24. The highest BCUT2D eigenvalue weighted by atomic mass is 16.5. The number of methoxy groups -OCH3 is 1. The van der Waals surface area contributed by atoms with Crippen LogP contribution in [-0.2, 0) is 11.3 Å². The summed E-state index contributed by atoms with van der Waals surface area (Å²) in [6, 6.07) is 22.3. The van der Waals surface area contributed by atoms with Crippen molar-refractivity contribution in [2.45, 2.75) is 45.6 Å². The molecule has 2 heterocycles. The maximum absolute atomic E-state index is 13.1. The maximum atomic E-state index is 13.1. The van der Waals surface area contributed by atoms with Crippen LogP contribution in [-0.4, -0.2) is 35.7 Å². The summed E-state index contributed by atoms with van der Waals surface area (Å²) in [7, 11) is 1.66. The van der Waals surface area contributed by atoms with Crippen LogP contribution < -0.4 is 14.4 Å². The van der Waals surface area contributed by atoms with E-state index >= 15 is 0 Å². The quantitative estimate of drug-likeness (QED) is 0.272. The standard InChI is InChI=1S/C30H33N3O3/c1-21-16-22(2)18-24(17-21)33-20-23(19-29(33)34)30-31-25-10-4-5-11-26(25)32(30)14-8-9-15-36-28-13-7-6-12-27(28)35-3/h4-7,10-13,16-18,23H,8-9,14-15,19-20H2,1-3H3. The first-order valence-corrected chi connectivity index (χ1v) is 12.6. The van der Waals surface area contributed by atoms with Gasteiger partial charge in [0.1, 0.15) is 5.82 Å². The van der Waals surface area contributed by atoms with E-state index in [-0.39, 0.29) is 11.8 Å². The Morgan fingerprint density at radius 3 is 2.44 bits per heavy atom. The lowest BCUT2D eigenvalue weighted by molar-refractivity contribution is -0.117. The molecule has 1 aliphatic rings. The lowest BCUT2D eigenvalue weighted by Gasteiger charge is -2.19. The van der Waals surface area contributed by atoms with Crippen LogP contribution in [0.15, 0.2) is 66.7 Å². The van der Waals surface area contributed by atoms with Crippen LogP contribution in [0.2, 0.25) is 0 Å². The van der Waals surface area contributed by atoms with E-state index in [2.05, 4.69) is 54.8 Å². The number of amides is 1. The number of fused-ring (bicyclic) bond motifs is 1. The first-order chi connectivity index (χ1) is 17.5. The Balaban J connectivity index is 1.30. The molecule has 5 rings (SSSR count). The minimum Gasteiger partial charge on any atom is -0.493 e. The molecular formula is C30H33N3O3. The molecule has 0 spiro atoms. The summed E-state index contributed by atoms with van der Waals surface area (Å²) in [6.07, 6.45) is 2.33.